The van der Waals surface area contributed by atoms with E-state index in [1.807, 2.05) is 35.2 Å². The Morgan fingerprint density at radius 1 is 1.00 bits per heavy atom. The van der Waals surface area contributed by atoms with Gasteiger partial charge in [0.25, 0.3) is 0 Å². The van der Waals surface area contributed by atoms with Crippen LogP contribution in [0, 0.1) is 0 Å². The van der Waals surface area contributed by atoms with Crippen LogP contribution in [0.5, 0.6) is 0 Å². The Morgan fingerprint density at radius 2 is 1.59 bits per heavy atom. The molecule has 2 aromatic carbocycles. The fourth-order valence-electron chi connectivity index (χ4n) is 2.19. The zero-order valence-electron chi connectivity index (χ0n) is 12.2. The fraction of sp³-hybridized carbons (Fsp3) is 0.294. The molecule has 0 aliphatic carbocycles. The van der Waals surface area contributed by atoms with E-state index in [0.717, 1.165) is 17.7 Å². The van der Waals surface area contributed by atoms with Gasteiger partial charge in [-0.1, -0.05) is 30.3 Å². The molecule has 0 saturated heterocycles. The highest BCUT2D eigenvalue weighted by molar-refractivity contribution is 5.47. The molecule has 0 fully saturated rings. The van der Waals surface area contributed by atoms with Crippen molar-refractivity contribution in [2.45, 2.75) is 18.7 Å². The molecule has 1 N–H and O–H groups in total. The summed E-state index contributed by atoms with van der Waals surface area (Å²) in [6.45, 7) is 0.543. The van der Waals surface area contributed by atoms with Crippen LogP contribution in [0.25, 0.3) is 0 Å². The first-order valence-corrected chi connectivity index (χ1v) is 6.99. The molecule has 0 amide bonds. The van der Waals surface area contributed by atoms with Gasteiger partial charge in [0.1, 0.15) is 0 Å². The number of hydrogen-bond acceptors (Lipinski definition) is 2. The van der Waals surface area contributed by atoms with Gasteiger partial charge in [0.15, 0.2) is 0 Å². The van der Waals surface area contributed by atoms with Gasteiger partial charge >= 0.3 is 6.18 Å². The average Bonchev–Trinajstić information content (AvgIpc) is 2.52. The molecule has 5 heteroatoms. The topological polar surface area (TPSA) is 23.5 Å². The van der Waals surface area contributed by atoms with Gasteiger partial charge in [0.2, 0.25) is 0 Å². The van der Waals surface area contributed by atoms with Crippen LogP contribution in [-0.4, -0.2) is 18.7 Å². The second kappa shape index (κ2) is 6.83. The van der Waals surface area contributed by atoms with E-state index < -0.39 is 17.8 Å². The van der Waals surface area contributed by atoms with Crippen molar-refractivity contribution in [3.63, 3.8) is 0 Å². The maximum absolute atomic E-state index is 12.5. The van der Waals surface area contributed by atoms with Crippen LogP contribution in [0.3, 0.4) is 0 Å². The lowest BCUT2D eigenvalue weighted by Gasteiger charge is -2.21. The van der Waals surface area contributed by atoms with Gasteiger partial charge in [0.05, 0.1) is 11.7 Å². The standard InChI is InChI=1S/C17H18F3NO/c1-21(12-11-16(22)13-5-3-2-4-6-13)15-9-7-14(8-10-15)17(18,19)20/h2-10,16,22H,11-12H2,1H3. The molecule has 22 heavy (non-hydrogen) atoms. The SMILES string of the molecule is CN(CCC(O)c1ccccc1)c1ccc(C(F)(F)F)cc1. The van der Waals surface area contributed by atoms with Gasteiger partial charge in [-0.15, -0.1) is 0 Å². The number of rotatable bonds is 5. The molecule has 0 bridgehead atoms. The van der Waals surface area contributed by atoms with Gasteiger partial charge in [-0.05, 0) is 36.2 Å². The number of aliphatic hydroxyl groups is 1. The second-order valence-corrected chi connectivity index (χ2v) is 5.18. The van der Waals surface area contributed by atoms with Crippen LogP contribution in [0.15, 0.2) is 54.6 Å². The largest absolute Gasteiger partial charge is 0.416 e. The predicted molar refractivity (Wildman–Crippen MR) is 80.7 cm³/mol. The lowest BCUT2D eigenvalue weighted by molar-refractivity contribution is -0.137. The Bertz CT molecular complexity index is 581. The van der Waals surface area contributed by atoms with Crippen molar-refractivity contribution in [2.75, 3.05) is 18.5 Å². The number of halogens is 3. The molecule has 2 aromatic rings. The van der Waals surface area contributed by atoms with Crippen LogP contribution in [0.1, 0.15) is 23.7 Å². The summed E-state index contributed by atoms with van der Waals surface area (Å²) in [6, 6.07) is 14.3. The van der Waals surface area contributed by atoms with Crippen molar-refractivity contribution < 1.29 is 18.3 Å². The van der Waals surface area contributed by atoms with Crippen LogP contribution < -0.4 is 4.90 Å². The minimum Gasteiger partial charge on any atom is -0.388 e. The summed E-state index contributed by atoms with van der Waals surface area (Å²) in [7, 11) is 1.79. The van der Waals surface area contributed by atoms with Gasteiger partial charge in [-0.3, -0.25) is 0 Å². The van der Waals surface area contributed by atoms with Gasteiger partial charge in [0, 0.05) is 19.3 Å². The molecule has 0 aliphatic rings. The summed E-state index contributed by atoms with van der Waals surface area (Å²) >= 11 is 0. The zero-order chi connectivity index (χ0) is 16.2. The smallest absolute Gasteiger partial charge is 0.388 e. The quantitative estimate of drug-likeness (QED) is 0.892. The molecule has 118 valence electrons. The maximum Gasteiger partial charge on any atom is 0.416 e. The van der Waals surface area contributed by atoms with E-state index in [9.17, 15) is 18.3 Å². The normalized spacial score (nSPS) is 13.0. The first-order valence-electron chi connectivity index (χ1n) is 6.99. The predicted octanol–water partition coefficient (Wildman–Crippen LogP) is 4.27. The number of nitrogens with zero attached hydrogens (tertiary/aromatic N) is 1. The number of aliphatic hydroxyl groups excluding tert-OH is 1. The Kier molecular flexibility index (Phi) is 5.08. The summed E-state index contributed by atoms with van der Waals surface area (Å²) in [6.07, 6.45) is -4.40. The molecular formula is C17H18F3NO. The van der Waals surface area contributed by atoms with E-state index in [2.05, 4.69) is 0 Å². The van der Waals surface area contributed by atoms with Crippen molar-refractivity contribution in [3.8, 4) is 0 Å². The van der Waals surface area contributed by atoms with Crippen molar-refractivity contribution in [1.29, 1.82) is 0 Å². The Morgan fingerprint density at radius 3 is 2.14 bits per heavy atom. The van der Waals surface area contributed by atoms with E-state index in [0.29, 0.717) is 18.7 Å². The molecular weight excluding hydrogens is 291 g/mol. The van der Waals surface area contributed by atoms with Crippen molar-refractivity contribution in [2.24, 2.45) is 0 Å². The van der Waals surface area contributed by atoms with Crippen LogP contribution in [0.4, 0.5) is 18.9 Å². The summed E-state index contributed by atoms with van der Waals surface area (Å²) in [5, 5.41) is 10.1. The number of alkyl halides is 3. The first kappa shape index (κ1) is 16.4. The Hall–Kier alpha value is -2.01. The lowest BCUT2D eigenvalue weighted by atomic mass is 10.1. The molecule has 2 rings (SSSR count). The van der Waals surface area contributed by atoms with Crippen LogP contribution >= 0.6 is 0 Å². The number of anilines is 1. The zero-order valence-corrected chi connectivity index (χ0v) is 12.2. The molecule has 0 aliphatic heterocycles. The maximum atomic E-state index is 12.5. The summed E-state index contributed by atoms with van der Waals surface area (Å²) in [5.74, 6) is 0. The van der Waals surface area contributed by atoms with E-state index in [1.54, 1.807) is 7.05 Å². The number of benzene rings is 2. The molecule has 2 nitrogen and oxygen atoms in total. The van der Waals surface area contributed by atoms with E-state index in [4.69, 9.17) is 0 Å². The van der Waals surface area contributed by atoms with E-state index in [1.165, 1.54) is 12.1 Å². The monoisotopic (exact) mass is 309 g/mol. The van der Waals surface area contributed by atoms with Gasteiger partial charge < -0.3 is 10.0 Å². The molecule has 0 saturated carbocycles. The summed E-state index contributed by atoms with van der Waals surface area (Å²) in [5.41, 5.74) is 0.866. The van der Waals surface area contributed by atoms with Gasteiger partial charge in [-0.25, -0.2) is 0 Å². The van der Waals surface area contributed by atoms with Crippen molar-refractivity contribution in [3.05, 3.63) is 65.7 Å². The van der Waals surface area contributed by atoms with Gasteiger partial charge in [-0.2, -0.15) is 13.2 Å². The third kappa shape index (κ3) is 4.24. The van der Waals surface area contributed by atoms with Crippen LogP contribution in [0.2, 0.25) is 0 Å². The highest BCUT2D eigenvalue weighted by atomic mass is 19.4. The first-order chi connectivity index (χ1) is 10.4. The minimum absolute atomic E-state index is 0.502. The Balaban J connectivity index is 1.93. The average molecular weight is 309 g/mol. The van der Waals surface area contributed by atoms with E-state index >= 15 is 0 Å². The van der Waals surface area contributed by atoms with Crippen LogP contribution in [-0.2, 0) is 6.18 Å². The molecule has 1 unspecified atom stereocenters. The highest BCUT2D eigenvalue weighted by Crippen LogP contribution is 2.30. The summed E-state index contributed by atoms with van der Waals surface area (Å²) < 4.78 is 37.5. The third-order valence-corrected chi connectivity index (χ3v) is 3.56. The fourth-order valence-corrected chi connectivity index (χ4v) is 2.19. The molecule has 0 aromatic heterocycles. The third-order valence-electron chi connectivity index (χ3n) is 3.56. The van der Waals surface area contributed by atoms with E-state index in [-0.39, 0.29) is 0 Å². The lowest BCUT2D eigenvalue weighted by Crippen LogP contribution is -2.20. The minimum atomic E-state index is -4.32. The van der Waals surface area contributed by atoms with Crippen molar-refractivity contribution in [1.82, 2.24) is 0 Å². The summed E-state index contributed by atoms with van der Waals surface area (Å²) in [4.78, 5) is 1.83. The molecule has 0 radical (unpaired) electrons. The van der Waals surface area contributed by atoms with Crippen molar-refractivity contribution >= 4 is 5.69 Å². The second-order valence-electron chi connectivity index (χ2n) is 5.18. The highest BCUT2D eigenvalue weighted by Gasteiger charge is 2.30. The molecule has 0 spiro atoms. The molecule has 0 heterocycles. The molecule has 1 atom stereocenters. The Labute approximate surface area is 127 Å². The number of hydrogen-bond donors (Lipinski definition) is 1.